The summed E-state index contributed by atoms with van der Waals surface area (Å²) in [6.07, 6.45) is 3.27. The number of aryl methyl sites for hydroxylation is 1. The fourth-order valence-electron chi connectivity index (χ4n) is 1.63. The molecule has 0 atom stereocenters. The van der Waals surface area contributed by atoms with E-state index in [1.165, 1.54) is 0 Å². The predicted octanol–water partition coefficient (Wildman–Crippen LogP) is 2.84. The molecule has 98 valence electrons. The van der Waals surface area contributed by atoms with Gasteiger partial charge in [0.05, 0.1) is 5.56 Å². The Morgan fingerprint density at radius 3 is 2.79 bits per heavy atom. The Bertz CT molecular complexity index is 615. The van der Waals surface area contributed by atoms with Crippen molar-refractivity contribution in [2.75, 3.05) is 17.7 Å². The lowest BCUT2D eigenvalue weighted by molar-refractivity contribution is 0.102. The number of halogens is 1. The van der Waals surface area contributed by atoms with Crippen molar-refractivity contribution < 1.29 is 4.79 Å². The molecule has 0 saturated carbocycles. The van der Waals surface area contributed by atoms with Crippen LogP contribution in [0.3, 0.4) is 0 Å². The first-order valence-corrected chi connectivity index (χ1v) is 6.47. The first-order valence-electron chi connectivity index (χ1n) is 5.68. The third-order valence-corrected chi connectivity index (χ3v) is 3.00. The fourth-order valence-corrected chi connectivity index (χ4v) is 2.08. The number of rotatable bonds is 3. The molecule has 19 heavy (non-hydrogen) atoms. The van der Waals surface area contributed by atoms with Gasteiger partial charge in [0.25, 0.3) is 5.91 Å². The zero-order valence-corrected chi connectivity index (χ0v) is 12.2. The molecule has 2 rings (SSSR count). The number of carbonyl (C=O) groups excluding carboxylic acids is 1. The molecule has 0 unspecified atom stereocenters. The lowest BCUT2D eigenvalue weighted by Gasteiger charge is -2.10. The summed E-state index contributed by atoms with van der Waals surface area (Å²) in [6, 6.07) is 5.32. The number of hydrogen-bond donors (Lipinski definition) is 2. The monoisotopic (exact) mass is 320 g/mol. The van der Waals surface area contributed by atoms with Gasteiger partial charge in [0.15, 0.2) is 0 Å². The van der Waals surface area contributed by atoms with Gasteiger partial charge in [0.2, 0.25) is 0 Å². The highest BCUT2D eigenvalue weighted by Crippen LogP contribution is 2.18. The average Bonchev–Trinajstić information content (AvgIpc) is 2.41. The maximum Gasteiger partial charge on any atom is 0.260 e. The number of nitrogens with one attached hydrogen (secondary N) is 2. The van der Waals surface area contributed by atoms with E-state index in [0.717, 1.165) is 10.0 Å². The maximum atomic E-state index is 12.2. The lowest BCUT2D eigenvalue weighted by atomic mass is 10.2. The van der Waals surface area contributed by atoms with Crippen LogP contribution in [-0.2, 0) is 0 Å². The van der Waals surface area contributed by atoms with Gasteiger partial charge >= 0.3 is 0 Å². The van der Waals surface area contributed by atoms with Crippen molar-refractivity contribution in [1.82, 2.24) is 9.97 Å². The molecule has 1 amide bonds. The summed E-state index contributed by atoms with van der Waals surface area (Å²) in [5.41, 5.74) is 1.37. The minimum atomic E-state index is -0.240. The Kier molecular flexibility index (Phi) is 4.11. The van der Waals surface area contributed by atoms with Crippen molar-refractivity contribution in [1.29, 1.82) is 0 Å². The van der Waals surface area contributed by atoms with E-state index in [1.54, 1.807) is 31.6 Å². The molecule has 0 aliphatic rings. The average molecular weight is 321 g/mol. The Labute approximate surface area is 119 Å². The summed E-state index contributed by atoms with van der Waals surface area (Å²) in [5.74, 6) is 0.837. The Balaban J connectivity index is 2.26. The number of hydrogen-bond acceptors (Lipinski definition) is 4. The highest BCUT2D eigenvalue weighted by Gasteiger charge is 2.13. The smallest absolute Gasteiger partial charge is 0.260 e. The highest BCUT2D eigenvalue weighted by molar-refractivity contribution is 9.10. The Morgan fingerprint density at radius 1 is 1.32 bits per heavy atom. The van der Waals surface area contributed by atoms with E-state index in [2.05, 4.69) is 36.5 Å². The van der Waals surface area contributed by atoms with Crippen LogP contribution in [0.15, 0.2) is 35.1 Å². The van der Waals surface area contributed by atoms with Crippen molar-refractivity contribution in [2.45, 2.75) is 6.92 Å². The maximum absolute atomic E-state index is 12.2. The molecule has 0 saturated heterocycles. The van der Waals surface area contributed by atoms with Crippen LogP contribution >= 0.6 is 15.9 Å². The van der Waals surface area contributed by atoms with Crippen LogP contribution in [-0.4, -0.2) is 22.9 Å². The van der Waals surface area contributed by atoms with Gasteiger partial charge in [-0.3, -0.25) is 4.79 Å². The second-order valence-corrected chi connectivity index (χ2v) is 4.84. The quantitative estimate of drug-likeness (QED) is 0.912. The van der Waals surface area contributed by atoms with Gasteiger partial charge in [0.1, 0.15) is 11.6 Å². The second kappa shape index (κ2) is 5.79. The van der Waals surface area contributed by atoms with Gasteiger partial charge < -0.3 is 10.6 Å². The van der Waals surface area contributed by atoms with Crippen molar-refractivity contribution in [2.24, 2.45) is 0 Å². The Hall–Kier alpha value is -1.95. The van der Waals surface area contributed by atoms with Crippen LogP contribution in [0.2, 0.25) is 0 Å². The summed E-state index contributed by atoms with van der Waals surface area (Å²) >= 11 is 3.34. The van der Waals surface area contributed by atoms with E-state index in [0.29, 0.717) is 17.2 Å². The van der Waals surface area contributed by atoms with Gasteiger partial charge in [-0.1, -0.05) is 0 Å². The molecule has 0 fully saturated rings. The van der Waals surface area contributed by atoms with E-state index in [-0.39, 0.29) is 5.91 Å². The number of amides is 1. The summed E-state index contributed by atoms with van der Waals surface area (Å²) in [4.78, 5) is 20.5. The van der Waals surface area contributed by atoms with Crippen LogP contribution in [0, 0.1) is 6.92 Å². The molecular formula is C13H13BrN4O. The predicted molar refractivity (Wildman–Crippen MR) is 78.4 cm³/mol. The number of carbonyl (C=O) groups is 1. The number of nitrogens with zero attached hydrogens (tertiary/aromatic N) is 2. The highest BCUT2D eigenvalue weighted by atomic mass is 79.9. The van der Waals surface area contributed by atoms with Crippen LogP contribution in [0.25, 0.3) is 0 Å². The molecule has 2 aromatic heterocycles. The molecule has 2 N–H and O–H groups in total. The van der Waals surface area contributed by atoms with Gasteiger partial charge in [-0.25, -0.2) is 9.97 Å². The number of anilines is 2. The van der Waals surface area contributed by atoms with Crippen LogP contribution in [0.4, 0.5) is 11.6 Å². The third kappa shape index (κ3) is 3.08. The molecule has 0 bridgehead atoms. The van der Waals surface area contributed by atoms with Crippen LogP contribution < -0.4 is 10.6 Å². The van der Waals surface area contributed by atoms with Gasteiger partial charge in [-0.15, -0.1) is 0 Å². The lowest BCUT2D eigenvalue weighted by Crippen LogP contribution is -2.16. The molecule has 0 aliphatic carbocycles. The summed E-state index contributed by atoms with van der Waals surface area (Å²) in [6.45, 7) is 1.88. The SMILES string of the molecule is CNc1ncccc1C(=O)Nc1ncc(Br)cc1C. The molecule has 5 nitrogen and oxygen atoms in total. The van der Waals surface area contributed by atoms with Crippen LogP contribution in [0.1, 0.15) is 15.9 Å². The Morgan fingerprint density at radius 2 is 2.11 bits per heavy atom. The molecule has 0 radical (unpaired) electrons. The third-order valence-electron chi connectivity index (χ3n) is 2.57. The fraction of sp³-hybridized carbons (Fsp3) is 0.154. The number of aromatic nitrogens is 2. The summed E-state index contributed by atoms with van der Waals surface area (Å²) in [5, 5.41) is 5.66. The van der Waals surface area contributed by atoms with E-state index >= 15 is 0 Å². The molecule has 2 aromatic rings. The molecule has 0 aromatic carbocycles. The van der Waals surface area contributed by atoms with Crippen molar-refractivity contribution >= 4 is 33.5 Å². The summed E-state index contributed by atoms with van der Waals surface area (Å²) in [7, 11) is 1.72. The first-order chi connectivity index (χ1) is 9.11. The molecular weight excluding hydrogens is 308 g/mol. The molecule has 0 spiro atoms. The normalized spacial score (nSPS) is 10.1. The minimum absolute atomic E-state index is 0.240. The van der Waals surface area contributed by atoms with Crippen molar-refractivity contribution in [3.63, 3.8) is 0 Å². The largest absolute Gasteiger partial charge is 0.372 e. The molecule has 0 aliphatic heterocycles. The first kappa shape index (κ1) is 13.5. The van der Waals surface area contributed by atoms with Crippen LogP contribution in [0.5, 0.6) is 0 Å². The van der Waals surface area contributed by atoms with E-state index in [1.807, 2.05) is 13.0 Å². The van der Waals surface area contributed by atoms with Crippen molar-refractivity contribution in [3.8, 4) is 0 Å². The van der Waals surface area contributed by atoms with E-state index < -0.39 is 0 Å². The van der Waals surface area contributed by atoms with E-state index in [9.17, 15) is 4.79 Å². The van der Waals surface area contributed by atoms with Gasteiger partial charge in [0, 0.05) is 23.9 Å². The standard InChI is InChI=1S/C13H13BrN4O/c1-8-6-9(14)7-17-11(8)18-13(19)10-4-3-5-16-12(10)15-2/h3-7H,1-2H3,(H,15,16)(H,17,18,19). The topological polar surface area (TPSA) is 66.9 Å². The zero-order valence-electron chi connectivity index (χ0n) is 10.6. The van der Waals surface area contributed by atoms with Crippen molar-refractivity contribution in [3.05, 3.63) is 46.2 Å². The minimum Gasteiger partial charge on any atom is -0.372 e. The van der Waals surface area contributed by atoms with Gasteiger partial charge in [-0.05, 0) is 46.6 Å². The number of pyridine rings is 2. The summed E-state index contributed by atoms with van der Waals surface area (Å²) < 4.78 is 0.875. The second-order valence-electron chi connectivity index (χ2n) is 3.92. The molecule has 6 heteroatoms. The molecule has 2 heterocycles. The van der Waals surface area contributed by atoms with E-state index in [4.69, 9.17) is 0 Å². The zero-order chi connectivity index (χ0) is 13.8. The van der Waals surface area contributed by atoms with Gasteiger partial charge in [-0.2, -0.15) is 0 Å².